The van der Waals surface area contributed by atoms with Crippen LogP contribution in [-0.4, -0.2) is 55.7 Å². The lowest BCUT2D eigenvalue weighted by atomic mass is 9.98. The van der Waals surface area contributed by atoms with Gasteiger partial charge in [0.1, 0.15) is 0 Å². The fraction of sp³-hybridized carbons (Fsp3) is 0.227. The highest BCUT2D eigenvalue weighted by atomic mass is 32.2. The van der Waals surface area contributed by atoms with Gasteiger partial charge in [-0.3, -0.25) is 4.79 Å². The van der Waals surface area contributed by atoms with Gasteiger partial charge >= 0.3 is 0 Å². The second-order valence-electron chi connectivity index (χ2n) is 7.29. The Morgan fingerprint density at radius 2 is 1.79 bits per heavy atom. The Bertz CT molecular complexity index is 1190. The first kappa shape index (κ1) is 19.4. The quantitative estimate of drug-likeness (QED) is 0.718. The van der Waals surface area contributed by atoms with Crippen LogP contribution in [0.2, 0.25) is 0 Å². The zero-order chi connectivity index (χ0) is 20.6. The minimum Gasteiger partial charge on any atom is -0.361 e. The number of nitrogens with one attached hydrogen (secondary N) is 1. The molecule has 1 aliphatic rings. The van der Waals surface area contributed by atoms with Crippen LogP contribution in [0.5, 0.6) is 0 Å². The molecule has 3 aromatic rings. The summed E-state index contributed by atoms with van der Waals surface area (Å²) in [7, 11) is -0.527. The maximum atomic E-state index is 12.8. The third kappa shape index (κ3) is 3.59. The summed E-state index contributed by atoms with van der Waals surface area (Å²) in [5.74, 6) is -0.0898. The summed E-state index contributed by atoms with van der Waals surface area (Å²) in [6.07, 6.45) is 4.90. The molecular weight excluding hydrogens is 386 g/mol. The molecule has 29 heavy (non-hydrogen) atoms. The van der Waals surface area contributed by atoms with E-state index in [4.69, 9.17) is 0 Å². The summed E-state index contributed by atoms with van der Waals surface area (Å²) in [4.78, 5) is 18.1. The number of carbonyl (C=O) groups excluding carboxylic acids is 1. The number of sulfonamides is 1. The first-order valence-electron chi connectivity index (χ1n) is 9.45. The Labute approximate surface area is 170 Å². The van der Waals surface area contributed by atoms with Gasteiger partial charge in [-0.2, -0.15) is 0 Å². The minimum absolute atomic E-state index is 0.0898. The number of rotatable bonds is 4. The van der Waals surface area contributed by atoms with Gasteiger partial charge in [0, 0.05) is 55.4 Å². The van der Waals surface area contributed by atoms with Crippen LogP contribution in [0.1, 0.15) is 22.3 Å². The van der Waals surface area contributed by atoms with Crippen molar-refractivity contribution in [2.24, 2.45) is 0 Å². The molecule has 1 aromatic heterocycles. The average Bonchev–Trinajstić information content (AvgIpc) is 3.17. The van der Waals surface area contributed by atoms with Crippen LogP contribution >= 0.6 is 0 Å². The van der Waals surface area contributed by atoms with Gasteiger partial charge in [-0.05, 0) is 42.3 Å². The topological polar surface area (TPSA) is 73.5 Å². The summed E-state index contributed by atoms with van der Waals surface area (Å²) in [5, 5.41) is 1.19. The monoisotopic (exact) mass is 409 g/mol. The third-order valence-electron chi connectivity index (χ3n) is 5.31. The van der Waals surface area contributed by atoms with E-state index in [0.717, 1.165) is 16.2 Å². The van der Waals surface area contributed by atoms with Crippen LogP contribution in [-0.2, 0) is 10.0 Å². The number of hydrogen-bond donors (Lipinski definition) is 1. The fourth-order valence-electron chi connectivity index (χ4n) is 3.60. The molecule has 0 saturated heterocycles. The third-order valence-corrected chi connectivity index (χ3v) is 7.14. The summed E-state index contributed by atoms with van der Waals surface area (Å²) in [6.45, 7) is 1.16. The number of nitrogens with zero attached hydrogens (tertiary/aromatic N) is 2. The molecular formula is C22H23N3O3S. The molecule has 6 nitrogen and oxygen atoms in total. The number of carbonyl (C=O) groups is 1. The molecule has 0 aliphatic carbocycles. The van der Waals surface area contributed by atoms with Crippen LogP contribution in [0.25, 0.3) is 16.5 Å². The number of para-hydroxylation sites is 1. The van der Waals surface area contributed by atoms with Crippen molar-refractivity contribution in [2.45, 2.75) is 11.3 Å². The predicted molar refractivity (Wildman–Crippen MR) is 114 cm³/mol. The zero-order valence-electron chi connectivity index (χ0n) is 16.4. The van der Waals surface area contributed by atoms with Crippen molar-refractivity contribution >= 4 is 32.4 Å². The summed E-state index contributed by atoms with van der Waals surface area (Å²) in [5.41, 5.74) is 4.02. The zero-order valence-corrected chi connectivity index (χ0v) is 17.2. The number of amides is 1. The number of H-pyrrole nitrogens is 1. The van der Waals surface area contributed by atoms with Gasteiger partial charge in [-0.15, -0.1) is 0 Å². The fourth-order valence-corrected chi connectivity index (χ4v) is 4.50. The molecule has 1 aliphatic heterocycles. The van der Waals surface area contributed by atoms with E-state index in [-0.39, 0.29) is 10.8 Å². The van der Waals surface area contributed by atoms with Crippen molar-refractivity contribution < 1.29 is 13.2 Å². The van der Waals surface area contributed by atoms with E-state index in [1.165, 1.54) is 42.8 Å². The van der Waals surface area contributed by atoms with Gasteiger partial charge < -0.3 is 9.88 Å². The molecule has 1 N–H and O–H groups in total. The van der Waals surface area contributed by atoms with E-state index < -0.39 is 10.0 Å². The van der Waals surface area contributed by atoms with Gasteiger partial charge in [0.05, 0.1) is 4.90 Å². The smallest absolute Gasteiger partial charge is 0.254 e. The van der Waals surface area contributed by atoms with E-state index in [1.54, 1.807) is 17.0 Å². The lowest BCUT2D eigenvalue weighted by Crippen LogP contribution is -2.34. The van der Waals surface area contributed by atoms with Crippen molar-refractivity contribution in [3.8, 4) is 0 Å². The largest absolute Gasteiger partial charge is 0.361 e. The molecule has 0 unspecified atom stereocenters. The Morgan fingerprint density at radius 3 is 2.45 bits per heavy atom. The van der Waals surface area contributed by atoms with Crippen LogP contribution in [0.3, 0.4) is 0 Å². The van der Waals surface area contributed by atoms with Gasteiger partial charge in [0.15, 0.2) is 0 Å². The van der Waals surface area contributed by atoms with Crippen molar-refractivity contribution in [1.82, 2.24) is 14.2 Å². The van der Waals surface area contributed by atoms with Crippen molar-refractivity contribution in [1.29, 1.82) is 0 Å². The van der Waals surface area contributed by atoms with Crippen molar-refractivity contribution in [2.75, 3.05) is 27.2 Å². The Hall–Kier alpha value is -2.90. The van der Waals surface area contributed by atoms with E-state index in [9.17, 15) is 13.2 Å². The maximum Gasteiger partial charge on any atom is 0.254 e. The lowest BCUT2D eigenvalue weighted by Gasteiger charge is -2.26. The van der Waals surface area contributed by atoms with E-state index >= 15 is 0 Å². The normalized spacial score (nSPS) is 15.0. The first-order valence-corrected chi connectivity index (χ1v) is 10.9. The molecule has 4 rings (SSSR count). The maximum absolute atomic E-state index is 12.8. The second-order valence-corrected chi connectivity index (χ2v) is 9.44. The molecule has 0 atom stereocenters. The first-order chi connectivity index (χ1) is 13.9. The molecule has 2 aromatic carbocycles. The number of aromatic nitrogens is 1. The highest BCUT2D eigenvalue weighted by molar-refractivity contribution is 7.89. The molecule has 0 fully saturated rings. The number of hydrogen-bond acceptors (Lipinski definition) is 3. The van der Waals surface area contributed by atoms with Crippen molar-refractivity contribution in [3.05, 3.63) is 71.9 Å². The van der Waals surface area contributed by atoms with Crippen LogP contribution < -0.4 is 0 Å². The van der Waals surface area contributed by atoms with Gasteiger partial charge in [0.2, 0.25) is 10.0 Å². The SMILES string of the molecule is CN(C)S(=O)(=O)c1ccc(C(=O)N2CC=C(c3c[nH]c4ccccc34)CC2)cc1. The van der Waals surface area contributed by atoms with E-state index in [0.29, 0.717) is 18.7 Å². The van der Waals surface area contributed by atoms with Crippen molar-refractivity contribution in [3.63, 3.8) is 0 Å². The van der Waals surface area contributed by atoms with Gasteiger partial charge in [-0.1, -0.05) is 24.3 Å². The summed E-state index contributed by atoms with van der Waals surface area (Å²) in [6, 6.07) is 14.3. The second kappa shape index (κ2) is 7.50. The Morgan fingerprint density at radius 1 is 1.07 bits per heavy atom. The molecule has 0 saturated carbocycles. The number of benzene rings is 2. The van der Waals surface area contributed by atoms with Crippen LogP contribution in [0.4, 0.5) is 0 Å². The molecule has 1 amide bonds. The standard InChI is InChI=1S/C22H23N3O3S/c1-24(2)29(27,28)18-9-7-17(8-10-18)22(26)25-13-11-16(12-14-25)20-15-23-21-6-4-3-5-19(20)21/h3-11,15,23H,12-14H2,1-2H3. The summed E-state index contributed by atoms with van der Waals surface area (Å²) >= 11 is 0. The highest BCUT2D eigenvalue weighted by Gasteiger charge is 2.22. The van der Waals surface area contributed by atoms with E-state index in [1.807, 2.05) is 18.3 Å². The average molecular weight is 410 g/mol. The van der Waals surface area contributed by atoms with Crippen LogP contribution in [0.15, 0.2) is 65.7 Å². The molecule has 150 valence electrons. The Balaban J connectivity index is 1.50. The van der Waals surface area contributed by atoms with Crippen LogP contribution in [0, 0.1) is 0 Å². The molecule has 7 heteroatoms. The van der Waals surface area contributed by atoms with Gasteiger partial charge in [0.25, 0.3) is 5.91 Å². The Kier molecular flexibility index (Phi) is 5.02. The van der Waals surface area contributed by atoms with Gasteiger partial charge in [-0.25, -0.2) is 12.7 Å². The summed E-state index contributed by atoms with van der Waals surface area (Å²) < 4.78 is 25.5. The molecule has 0 bridgehead atoms. The highest BCUT2D eigenvalue weighted by Crippen LogP contribution is 2.29. The number of aromatic amines is 1. The molecule has 0 radical (unpaired) electrons. The minimum atomic E-state index is -3.50. The van der Waals surface area contributed by atoms with E-state index in [2.05, 4.69) is 23.2 Å². The molecule has 0 spiro atoms. The number of fused-ring (bicyclic) bond motifs is 1. The lowest BCUT2D eigenvalue weighted by molar-refractivity contribution is 0.0773. The predicted octanol–water partition coefficient (Wildman–Crippen LogP) is 3.35. The molecule has 2 heterocycles.